The van der Waals surface area contributed by atoms with Crippen molar-refractivity contribution >= 4 is 0 Å². The quantitative estimate of drug-likeness (QED) is 0.841. The lowest BCUT2D eigenvalue weighted by molar-refractivity contribution is -0.125. The molecule has 2 rings (SSSR count). The van der Waals surface area contributed by atoms with Crippen LogP contribution in [0.4, 0.5) is 13.2 Å². The van der Waals surface area contributed by atoms with Crippen molar-refractivity contribution in [2.45, 2.75) is 45.1 Å². The standard InChI is InChI=1S/C16H23F3N2O2/c1-4-11-6-12-13(8-21-11)14(22-2)5-10(15(12)23-3)7-20-9-16(17,18)19/h5,11,20-21H,4,6-9H2,1-3H3. The molecule has 0 spiro atoms. The summed E-state index contributed by atoms with van der Waals surface area (Å²) in [6.45, 7) is 1.82. The van der Waals surface area contributed by atoms with E-state index in [1.807, 2.05) is 0 Å². The van der Waals surface area contributed by atoms with Crippen LogP contribution in [0.5, 0.6) is 11.5 Å². The maximum atomic E-state index is 12.3. The van der Waals surface area contributed by atoms with Crippen LogP contribution in [0.2, 0.25) is 0 Å². The molecule has 0 fully saturated rings. The average molecular weight is 332 g/mol. The highest BCUT2D eigenvalue weighted by atomic mass is 19.4. The topological polar surface area (TPSA) is 42.5 Å². The van der Waals surface area contributed by atoms with Crippen LogP contribution in [0.15, 0.2) is 6.07 Å². The molecule has 2 N–H and O–H groups in total. The predicted molar refractivity (Wildman–Crippen MR) is 81.9 cm³/mol. The Labute approximate surface area is 134 Å². The van der Waals surface area contributed by atoms with Crippen LogP contribution in [0.1, 0.15) is 30.0 Å². The van der Waals surface area contributed by atoms with Crippen LogP contribution in [0.25, 0.3) is 0 Å². The van der Waals surface area contributed by atoms with E-state index in [-0.39, 0.29) is 6.54 Å². The minimum Gasteiger partial charge on any atom is -0.496 e. The molecule has 0 amide bonds. The highest BCUT2D eigenvalue weighted by molar-refractivity contribution is 5.55. The van der Waals surface area contributed by atoms with Crippen molar-refractivity contribution in [2.24, 2.45) is 0 Å². The van der Waals surface area contributed by atoms with E-state index in [1.54, 1.807) is 20.3 Å². The molecule has 0 saturated heterocycles. The van der Waals surface area contributed by atoms with Gasteiger partial charge >= 0.3 is 6.18 Å². The number of ether oxygens (including phenoxy) is 2. The molecule has 1 aromatic rings. The summed E-state index contributed by atoms with van der Waals surface area (Å²) < 4.78 is 47.9. The molecular formula is C16H23F3N2O2. The number of fused-ring (bicyclic) bond motifs is 1. The second kappa shape index (κ2) is 7.40. The second-order valence-electron chi connectivity index (χ2n) is 5.64. The van der Waals surface area contributed by atoms with Crippen LogP contribution in [0.3, 0.4) is 0 Å². The smallest absolute Gasteiger partial charge is 0.401 e. The summed E-state index contributed by atoms with van der Waals surface area (Å²) in [5.41, 5.74) is 2.74. The fourth-order valence-corrected chi connectivity index (χ4v) is 2.96. The maximum absolute atomic E-state index is 12.3. The summed E-state index contributed by atoms with van der Waals surface area (Å²) in [6.07, 6.45) is -2.48. The molecule has 7 heteroatoms. The Kier molecular flexibility index (Phi) is 5.75. The molecule has 1 unspecified atom stereocenters. The summed E-state index contributed by atoms with van der Waals surface area (Å²) in [5, 5.41) is 5.86. The fourth-order valence-electron chi connectivity index (χ4n) is 2.96. The SMILES string of the molecule is CCC1Cc2c(c(OC)cc(CNCC(F)(F)F)c2OC)CN1. The van der Waals surface area contributed by atoms with Crippen molar-refractivity contribution < 1.29 is 22.6 Å². The minimum atomic E-state index is -4.23. The zero-order chi connectivity index (χ0) is 17.0. The molecular weight excluding hydrogens is 309 g/mol. The van der Waals surface area contributed by atoms with Gasteiger partial charge in [-0.1, -0.05) is 6.92 Å². The van der Waals surface area contributed by atoms with E-state index >= 15 is 0 Å². The Morgan fingerprint density at radius 3 is 2.57 bits per heavy atom. The highest BCUT2D eigenvalue weighted by Gasteiger charge is 2.28. The van der Waals surface area contributed by atoms with Gasteiger partial charge in [-0.05, 0) is 18.9 Å². The molecule has 0 aliphatic carbocycles. The number of halogens is 3. The lowest BCUT2D eigenvalue weighted by atomic mass is 9.90. The van der Waals surface area contributed by atoms with E-state index in [0.29, 0.717) is 29.6 Å². The Morgan fingerprint density at radius 1 is 1.26 bits per heavy atom. The van der Waals surface area contributed by atoms with Gasteiger partial charge in [-0.2, -0.15) is 13.2 Å². The van der Waals surface area contributed by atoms with Crippen molar-refractivity contribution in [3.63, 3.8) is 0 Å². The third kappa shape index (κ3) is 4.29. The Hall–Kier alpha value is -1.47. The fraction of sp³-hybridized carbons (Fsp3) is 0.625. The van der Waals surface area contributed by atoms with Crippen molar-refractivity contribution in [3.8, 4) is 11.5 Å². The summed E-state index contributed by atoms with van der Waals surface area (Å²) in [7, 11) is 3.12. The second-order valence-corrected chi connectivity index (χ2v) is 5.64. The summed E-state index contributed by atoms with van der Waals surface area (Å²) in [6, 6.07) is 2.09. The largest absolute Gasteiger partial charge is 0.496 e. The molecule has 0 radical (unpaired) electrons. The van der Waals surface area contributed by atoms with Crippen LogP contribution < -0.4 is 20.1 Å². The molecule has 1 aromatic carbocycles. The van der Waals surface area contributed by atoms with Crippen molar-refractivity contribution in [1.82, 2.24) is 10.6 Å². The highest BCUT2D eigenvalue weighted by Crippen LogP contribution is 2.37. The molecule has 1 aliphatic heterocycles. The van der Waals surface area contributed by atoms with Gasteiger partial charge in [-0.15, -0.1) is 0 Å². The van der Waals surface area contributed by atoms with Crippen LogP contribution in [-0.4, -0.2) is 33.0 Å². The maximum Gasteiger partial charge on any atom is 0.401 e. The lowest BCUT2D eigenvalue weighted by Gasteiger charge is -2.29. The van der Waals surface area contributed by atoms with Crippen LogP contribution in [-0.2, 0) is 19.5 Å². The predicted octanol–water partition coefficient (Wildman–Crippen LogP) is 2.78. The first-order valence-corrected chi connectivity index (χ1v) is 7.66. The Balaban J connectivity index is 2.31. The van der Waals surface area contributed by atoms with Gasteiger partial charge in [-0.25, -0.2) is 0 Å². The van der Waals surface area contributed by atoms with Gasteiger partial charge in [0.1, 0.15) is 11.5 Å². The van der Waals surface area contributed by atoms with Gasteiger partial charge in [0.05, 0.1) is 20.8 Å². The van der Waals surface area contributed by atoms with Gasteiger partial charge in [0.15, 0.2) is 0 Å². The lowest BCUT2D eigenvalue weighted by Crippen LogP contribution is -2.35. The van der Waals surface area contributed by atoms with Crippen LogP contribution in [0, 0.1) is 0 Å². The van der Waals surface area contributed by atoms with Gasteiger partial charge in [0.2, 0.25) is 0 Å². The van der Waals surface area contributed by atoms with E-state index in [9.17, 15) is 13.2 Å². The molecule has 1 aliphatic rings. The first kappa shape index (κ1) is 17.9. The Bertz CT molecular complexity index is 547. The minimum absolute atomic E-state index is 0.0799. The van der Waals surface area contributed by atoms with Gasteiger partial charge in [0, 0.05) is 35.8 Å². The first-order chi connectivity index (χ1) is 10.9. The number of rotatable bonds is 6. The molecule has 23 heavy (non-hydrogen) atoms. The summed E-state index contributed by atoms with van der Waals surface area (Å²) in [5.74, 6) is 1.35. The van der Waals surface area contributed by atoms with E-state index in [2.05, 4.69) is 17.6 Å². The number of hydrogen-bond acceptors (Lipinski definition) is 4. The van der Waals surface area contributed by atoms with Crippen LogP contribution >= 0.6 is 0 Å². The molecule has 1 atom stereocenters. The molecule has 0 aromatic heterocycles. The normalized spacial score (nSPS) is 17.7. The number of alkyl halides is 3. The first-order valence-electron chi connectivity index (χ1n) is 7.66. The van der Waals surface area contributed by atoms with E-state index < -0.39 is 12.7 Å². The Morgan fingerprint density at radius 2 is 2.00 bits per heavy atom. The molecule has 0 saturated carbocycles. The van der Waals surface area contributed by atoms with Gasteiger partial charge < -0.3 is 20.1 Å². The molecule has 4 nitrogen and oxygen atoms in total. The zero-order valence-corrected chi connectivity index (χ0v) is 13.6. The van der Waals surface area contributed by atoms with Crippen molar-refractivity contribution in [3.05, 3.63) is 22.8 Å². The van der Waals surface area contributed by atoms with E-state index in [4.69, 9.17) is 9.47 Å². The monoisotopic (exact) mass is 332 g/mol. The summed E-state index contributed by atoms with van der Waals surface area (Å²) >= 11 is 0. The molecule has 130 valence electrons. The third-order valence-electron chi connectivity index (χ3n) is 4.11. The third-order valence-corrected chi connectivity index (χ3v) is 4.11. The van der Waals surface area contributed by atoms with E-state index in [1.165, 1.54) is 0 Å². The van der Waals surface area contributed by atoms with Gasteiger partial charge in [-0.3, -0.25) is 0 Å². The van der Waals surface area contributed by atoms with Crippen molar-refractivity contribution in [1.29, 1.82) is 0 Å². The van der Waals surface area contributed by atoms with Crippen molar-refractivity contribution in [2.75, 3.05) is 20.8 Å². The number of hydrogen-bond donors (Lipinski definition) is 2. The average Bonchev–Trinajstić information content (AvgIpc) is 2.52. The molecule has 0 bridgehead atoms. The number of nitrogens with one attached hydrogen (secondary N) is 2. The number of benzene rings is 1. The molecule has 1 heterocycles. The van der Waals surface area contributed by atoms with E-state index in [0.717, 1.165) is 24.0 Å². The number of methoxy groups -OCH3 is 2. The van der Waals surface area contributed by atoms with Gasteiger partial charge in [0.25, 0.3) is 0 Å². The zero-order valence-electron chi connectivity index (χ0n) is 13.6. The summed E-state index contributed by atoms with van der Waals surface area (Å²) in [4.78, 5) is 0.